The van der Waals surface area contributed by atoms with Crippen LogP contribution in [0, 0.1) is 0 Å². The van der Waals surface area contributed by atoms with Gasteiger partial charge in [-0.15, -0.1) is 0 Å². The number of hydrogen-bond donors (Lipinski definition) is 2. The Morgan fingerprint density at radius 3 is 2.09 bits per heavy atom. The molecule has 0 aliphatic carbocycles. The van der Waals surface area contributed by atoms with E-state index in [1.54, 1.807) is 4.57 Å². The molecule has 43 heavy (non-hydrogen) atoms. The van der Waals surface area contributed by atoms with Gasteiger partial charge in [0, 0.05) is 6.61 Å². The predicted molar refractivity (Wildman–Crippen MR) is 168 cm³/mol. The molecule has 2 heterocycles. The number of carbonyl (C=O) groups excluding carboxylic acids is 1. The van der Waals surface area contributed by atoms with Gasteiger partial charge < -0.3 is 33.9 Å². The number of unbranched alkanes of at least 4 members (excludes halogenated alkanes) is 15. The molecule has 3 N–H and O–H groups in total. The molecule has 0 saturated carbocycles. The van der Waals surface area contributed by atoms with Crippen molar-refractivity contribution in [3.05, 3.63) is 12.7 Å². The lowest BCUT2D eigenvalue weighted by Crippen LogP contribution is -2.26. The molecule has 0 fully saturated rings. The fourth-order valence-electron chi connectivity index (χ4n) is 4.88. The summed E-state index contributed by atoms with van der Waals surface area (Å²) in [5.41, 5.74) is 6.71. The molecule has 12 nitrogen and oxygen atoms in total. The highest BCUT2D eigenvalue weighted by atomic mass is 31.2. The number of anilines is 1. The lowest BCUT2D eigenvalue weighted by atomic mass is 10.0. The monoisotopic (exact) mass is 627 g/mol. The van der Waals surface area contributed by atoms with E-state index in [0.29, 0.717) is 17.8 Å². The maximum absolute atomic E-state index is 12.4. The summed E-state index contributed by atoms with van der Waals surface area (Å²) in [5, 5.41) is 0. The number of nitrogens with zero attached hydrogens (tertiary/aromatic N) is 4. The third-order valence-electron chi connectivity index (χ3n) is 7.32. The van der Waals surface area contributed by atoms with E-state index in [1.807, 2.05) is 0 Å². The number of nitrogens with two attached hydrogens (primary N) is 1. The van der Waals surface area contributed by atoms with Gasteiger partial charge in [0.2, 0.25) is 0 Å². The maximum Gasteiger partial charge on any atom is 0.353 e. The molecule has 0 spiro atoms. The number of fused-ring (bicyclic) bond motifs is 1. The molecular formula is C30H54N5O7P. The van der Waals surface area contributed by atoms with Crippen molar-refractivity contribution in [1.29, 1.82) is 0 Å². The Morgan fingerprint density at radius 2 is 1.49 bits per heavy atom. The van der Waals surface area contributed by atoms with Crippen LogP contribution in [0.3, 0.4) is 0 Å². The van der Waals surface area contributed by atoms with Crippen LogP contribution in [0.5, 0.6) is 0 Å². The number of imidazole rings is 1. The summed E-state index contributed by atoms with van der Waals surface area (Å²) in [4.78, 5) is 33.1. The first-order chi connectivity index (χ1) is 21.0. The first-order valence-corrected chi connectivity index (χ1v) is 17.9. The minimum Gasteiger partial charge on any atom is -0.465 e. The van der Waals surface area contributed by atoms with Gasteiger partial charge in [0.15, 0.2) is 11.5 Å². The zero-order valence-corrected chi connectivity index (χ0v) is 27.0. The normalized spacial score (nSPS) is 13.7. The molecule has 0 aromatic carbocycles. The first kappa shape index (κ1) is 37.1. The summed E-state index contributed by atoms with van der Waals surface area (Å²) < 4.78 is 35.2. The van der Waals surface area contributed by atoms with Crippen molar-refractivity contribution in [3.8, 4) is 0 Å². The van der Waals surface area contributed by atoms with Gasteiger partial charge in [0.25, 0.3) is 6.47 Å². The standard InChI is InChI=1S/C30H54N5O7P/c1-2-3-4-5-6-7-8-9-10-11-12-13-14-15-16-17-18-39-19-20-42-43(37,38)26-41-27(22-40-25-36)21-35-24-34-28-29(31)32-23-33-30(28)35/h23-25,27H,2-22,26H2,1H3,(H,37,38)(H2,31,32,33)/t27-/m0/s1. The van der Waals surface area contributed by atoms with E-state index >= 15 is 0 Å². The van der Waals surface area contributed by atoms with Crippen LogP contribution >= 0.6 is 7.60 Å². The molecule has 0 amide bonds. The van der Waals surface area contributed by atoms with E-state index in [1.165, 1.54) is 103 Å². The molecule has 1 unspecified atom stereocenters. The van der Waals surface area contributed by atoms with Crippen LogP contribution < -0.4 is 5.73 Å². The lowest BCUT2D eigenvalue weighted by Gasteiger charge is -2.20. The predicted octanol–water partition coefficient (Wildman–Crippen LogP) is 6.40. The number of aromatic nitrogens is 4. The number of carbonyl (C=O) groups is 1. The van der Waals surface area contributed by atoms with E-state index in [-0.39, 0.29) is 38.7 Å². The van der Waals surface area contributed by atoms with E-state index in [9.17, 15) is 14.3 Å². The minimum absolute atomic E-state index is 0.0200. The van der Waals surface area contributed by atoms with Crippen molar-refractivity contribution in [2.75, 3.05) is 38.5 Å². The van der Waals surface area contributed by atoms with Gasteiger partial charge >= 0.3 is 7.60 Å². The molecule has 0 saturated heterocycles. The highest BCUT2D eigenvalue weighted by molar-refractivity contribution is 7.52. The van der Waals surface area contributed by atoms with Crippen LogP contribution in [0.4, 0.5) is 5.82 Å². The second kappa shape index (κ2) is 23.3. The van der Waals surface area contributed by atoms with Crippen molar-refractivity contribution >= 4 is 31.0 Å². The number of rotatable bonds is 29. The van der Waals surface area contributed by atoms with Crippen molar-refractivity contribution < 1.29 is 33.0 Å². The molecule has 0 radical (unpaired) electrons. The molecular weight excluding hydrogens is 573 g/mol. The summed E-state index contributed by atoms with van der Waals surface area (Å²) in [6.45, 7) is 3.38. The van der Waals surface area contributed by atoms with Crippen LogP contribution in [0.1, 0.15) is 110 Å². The van der Waals surface area contributed by atoms with Crippen LogP contribution in [-0.2, 0) is 34.6 Å². The Morgan fingerprint density at radius 1 is 0.884 bits per heavy atom. The van der Waals surface area contributed by atoms with E-state index in [0.717, 1.165) is 12.8 Å². The summed E-state index contributed by atoms with van der Waals surface area (Å²) in [6.07, 6.45) is 22.6. The second-order valence-corrected chi connectivity index (χ2v) is 12.9. The summed E-state index contributed by atoms with van der Waals surface area (Å²) >= 11 is 0. The van der Waals surface area contributed by atoms with Gasteiger partial charge in [-0.2, -0.15) is 0 Å². The fourth-order valence-corrected chi connectivity index (χ4v) is 5.72. The van der Waals surface area contributed by atoms with E-state index in [2.05, 4.69) is 21.9 Å². The van der Waals surface area contributed by atoms with Gasteiger partial charge in [-0.25, -0.2) is 15.0 Å². The summed E-state index contributed by atoms with van der Waals surface area (Å²) in [5.74, 6) is 0.232. The van der Waals surface area contributed by atoms with Crippen LogP contribution in [-0.4, -0.2) is 69.8 Å². The van der Waals surface area contributed by atoms with Crippen molar-refractivity contribution in [2.45, 2.75) is 122 Å². The van der Waals surface area contributed by atoms with E-state index < -0.39 is 20.0 Å². The number of ether oxygens (including phenoxy) is 3. The Balaban J connectivity index is 1.46. The Hall–Kier alpha value is -2.11. The largest absolute Gasteiger partial charge is 0.465 e. The Bertz CT molecular complexity index is 1040. The zero-order chi connectivity index (χ0) is 31.0. The Labute approximate surface area is 257 Å². The number of nitrogen functional groups attached to an aromatic ring is 1. The first-order valence-electron chi connectivity index (χ1n) is 16.1. The smallest absolute Gasteiger partial charge is 0.353 e. The van der Waals surface area contributed by atoms with Crippen molar-refractivity contribution in [2.24, 2.45) is 0 Å². The average molecular weight is 628 g/mol. The Kier molecular flexibility index (Phi) is 20.1. The van der Waals surface area contributed by atoms with Crippen molar-refractivity contribution in [1.82, 2.24) is 19.5 Å². The second-order valence-electron chi connectivity index (χ2n) is 11.1. The molecule has 2 aromatic heterocycles. The zero-order valence-electron chi connectivity index (χ0n) is 26.1. The number of hydrogen-bond acceptors (Lipinski definition) is 10. The van der Waals surface area contributed by atoms with Crippen LogP contribution in [0.25, 0.3) is 11.2 Å². The lowest BCUT2D eigenvalue weighted by molar-refractivity contribution is -0.132. The van der Waals surface area contributed by atoms with Crippen molar-refractivity contribution in [3.63, 3.8) is 0 Å². The SMILES string of the molecule is CCCCCCCCCCCCCCCCCCOCCOP(=O)(O)CO[C@H](COC=O)Cn1cnc2c(N)ncnc21. The van der Waals surface area contributed by atoms with Gasteiger partial charge in [0.05, 0.1) is 26.1 Å². The van der Waals surface area contributed by atoms with Crippen LogP contribution in [0.15, 0.2) is 12.7 Å². The quantitative estimate of drug-likeness (QED) is 0.0583. The van der Waals surface area contributed by atoms with Gasteiger partial charge in [0.1, 0.15) is 30.9 Å². The third-order valence-corrected chi connectivity index (χ3v) is 8.38. The summed E-state index contributed by atoms with van der Waals surface area (Å²) in [6, 6.07) is 0. The molecule has 2 atom stereocenters. The van der Waals surface area contributed by atoms with Gasteiger partial charge in [-0.05, 0) is 6.42 Å². The topological polar surface area (TPSA) is 161 Å². The highest BCUT2D eigenvalue weighted by Crippen LogP contribution is 2.41. The molecule has 0 bridgehead atoms. The minimum atomic E-state index is -4.03. The molecule has 13 heteroatoms. The molecule has 0 aliphatic heterocycles. The molecule has 2 rings (SSSR count). The highest BCUT2D eigenvalue weighted by Gasteiger charge is 2.24. The van der Waals surface area contributed by atoms with Crippen LogP contribution in [0.2, 0.25) is 0 Å². The van der Waals surface area contributed by atoms with Gasteiger partial charge in [-0.3, -0.25) is 9.36 Å². The van der Waals surface area contributed by atoms with E-state index in [4.69, 9.17) is 24.5 Å². The summed E-state index contributed by atoms with van der Waals surface area (Å²) in [7, 11) is -4.03. The maximum atomic E-state index is 12.4. The molecule has 2 aromatic rings. The average Bonchev–Trinajstić information content (AvgIpc) is 3.41. The van der Waals surface area contributed by atoms with Gasteiger partial charge in [-0.1, -0.05) is 103 Å². The molecule has 246 valence electrons. The fraction of sp³-hybridized carbons (Fsp3) is 0.800. The third kappa shape index (κ3) is 17.1. The molecule has 0 aliphatic rings.